The van der Waals surface area contributed by atoms with E-state index in [1.807, 2.05) is 0 Å². The van der Waals surface area contributed by atoms with Crippen LogP contribution in [0, 0.1) is 0 Å². The summed E-state index contributed by atoms with van der Waals surface area (Å²) in [4.78, 5) is 72.8. The van der Waals surface area contributed by atoms with E-state index in [9.17, 15) is 33.9 Å². The van der Waals surface area contributed by atoms with Crippen LogP contribution in [0.3, 0.4) is 0 Å². The average Bonchev–Trinajstić information content (AvgIpc) is 3.20. The molecule has 0 saturated carbocycles. The highest BCUT2D eigenvalue weighted by atomic mass is 32.2. The van der Waals surface area contributed by atoms with Crippen molar-refractivity contribution >= 4 is 47.6 Å². The van der Waals surface area contributed by atoms with Crippen LogP contribution < -0.4 is 0 Å². The molecular formula is C21H31NO13S. The van der Waals surface area contributed by atoms with Gasteiger partial charge in [-0.15, -0.1) is 11.8 Å². The van der Waals surface area contributed by atoms with Gasteiger partial charge in [0.1, 0.15) is 12.6 Å². The van der Waals surface area contributed by atoms with Crippen LogP contribution in [0.1, 0.15) is 34.6 Å². The molecule has 14 nitrogen and oxygen atoms in total. The van der Waals surface area contributed by atoms with E-state index < -0.39 is 85.0 Å². The molecule has 1 aliphatic heterocycles. The zero-order valence-corrected chi connectivity index (χ0v) is 21.6. The molecule has 0 bridgehead atoms. The molecule has 0 aromatic carbocycles. The Balaban J connectivity index is 3.62. The molecule has 204 valence electrons. The van der Waals surface area contributed by atoms with Crippen molar-refractivity contribution in [3.05, 3.63) is 0 Å². The topological polar surface area (TPSA) is 181 Å². The zero-order chi connectivity index (χ0) is 27.6. The second-order valence-corrected chi connectivity index (χ2v) is 8.74. The summed E-state index contributed by atoms with van der Waals surface area (Å²) in [5.74, 6) is -4.74. The van der Waals surface area contributed by atoms with Crippen LogP contribution in [0.15, 0.2) is 0 Å². The van der Waals surface area contributed by atoms with Crippen molar-refractivity contribution in [2.45, 2.75) is 70.5 Å². The Labute approximate surface area is 211 Å². The van der Waals surface area contributed by atoms with Gasteiger partial charge in [0, 0.05) is 40.4 Å². The van der Waals surface area contributed by atoms with Crippen LogP contribution in [-0.2, 0) is 57.2 Å². The van der Waals surface area contributed by atoms with Crippen LogP contribution in [0.5, 0.6) is 0 Å². The Hall–Kier alpha value is -2.91. The lowest BCUT2D eigenvalue weighted by Gasteiger charge is -2.39. The molecule has 0 aromatic rings. The Bertz CT molecular complexity index is 835. The smallest absolute Gasteiger partial charge is 0.324 e. The molecule has 6 atom stereocenters. The van der Waals surface area contributed by atoms with Gasteiger partial charge in [0.2, 0.25) is 0 Å². The lowest BCUT2D eigenvalue weighted by Crippen LogP contribution is -2.58. The van der Waals surface area contributed by atoms with Crippen molar-refractivity contribution < 1.29 is 62.3 Å². The summed E-state index contributed by atoms with van der Waals surface area (Å²) in [5, 5.41) is 9.00. The molecule has 1 saturated heterocycles. The van der Waals surface area contributed by atoms with Crippen molar-refractivity contribution in [3.63, 3.8) is 0 Å². The molecule has 0 aliphatic carbocycles. The number of methoxy groups -OCH3 is 1. The quantitative estimate of drug-likeness (QED) is 0.240. The van der Waals surface area contributed by atoms with E-state index in [4.69, 9.17) is 28.4 Å². The first kappa shape index (κ1) is 31.1. The number of ether oxygens (including phenoxy) is 6. The molecule has 1 heterocycles. The number of hydrogen-bond acceptors (Lipinski definition) is 15. The normalized spacial score (nSPS) is 20.8. The number of esters is 6. The van der Waals surface area contributed by atoms with Crippen molar-refractivity contribution in [1.82, 2.24) is 4.90 Å². The Kier molecular flexibility index (Phi) is 12.6. The van der Waals surface area contributed by atoms with Gasteiger partial charge in [0.25, 0.3) is 0 Å². The molecule has 0 spiro atoms. The van der Waals surface area contributed by atoms with Gasteiger partial charge >= 0.3 is 35.8 Å². The number of aliphatic hydroxyl groups is 1. The van der Waals surface area contributed by atoms with E-state index in [2.05, 4.69) is 0 Å². The maximum absolute atomic E-state index is 12.2. The highest BCUT2D eigenvalue weighted by Crippen LogP contribution is 2.36. The second-order valence-electron chi connectivity index (χ2n) is 7.59. The summed E-state index contributed by atoms with van der Waals surface area (Å²) in [6.45, 7) is 4.02. The predicted molar refractivity (Wildman–Crippen MR) is 120 cm³/mol. The molecule has 1 N–H and O–H groups in total. The van der Waals surface area contributed by atoms with Crippen LogP contribution in [0.4, 0.5) is 0 Å². The number of carbonyl (C=O) groups excluding carboxylic acids is 6. The molecular weight excluding hydrogens is 506 g/mol. The van der Waals surface area contributed by atoms with E-state index in [0.717, 1.165) is 53.5 Å². The zero-order valence-electron chi connectivity index (χ0n) is 20.8. The Morgan fingerprint density at radius 3 is 1.81 bits per heavy atom. The van der Waals surface area contributed by atoms with Crippen LogP contribution in [-0.4, -0.2) is 108 Å². The first-order valence-electron chi connectivity index (χ1n) is 10.7. The summed E-state index contributed by atoms with van der Waals surface area (Å²) < 4.78 is 31.1. The van der Waals surface area contributed by atoms with Crippen molar-refractivity contribution in [2.24, 2.45) is 0 Å². The maximum atomic E-state index is 12.2. The fourth-order valence-electron chi connectivity index (χ4n) is 3.51. The third-order valence-corrected chi connectivity index (χ3v) is 6.15. The summed E-state index contributed by atoms with van der Waals surface area (Å²) >= 11 is 1.08. The van der Waals surface area contributed by atoms with Crippen molar-refractivity contribution in [2.75, 3.05) is 26.2 Å². The fourth-order valence-corrected chi connectivity index (χ4v) is 5.02. The average molecular weight is 538 g/mol. The van der Waals surface area contributed by atoms with E-state index in [1.165, 1.54) is 4.90 Å². The molecule has 1 rings (SSSR count). The first-order valence-corrected chi connectivity index (χ1v) is 11.7. The number of aliphatic hydroxyl groups excluding tert-OH is 1. The summed E-state index contributed by atoms with van der Waals surface area (Å²) in [6, 6.07) is -0.941. The molecule has 1 aliphatic rings. The SMILES string of the molecule is COC(=O)[C@@H]1CS[C@H]([C@H](OC(C)=O)[C@H](OC(C)=O)[C@H](OC(C)=O)[C@H](COC(C)=O)OC(C)=O)N1CO. The Morgan fingerprint density at radius 2 is 1.36 bits per heavy atom. The first-order chi connectivity index (χ1) is 16.8. The number of hydrogen-bond donors (Lipinski definition) is 1. The van der Waals surface area contributed by atoms with E-state index >= 15 is 0 Å². The lowest BCUT2D eigenvalue weighted by molar-refractivity contribution is -0.205. The van der Waals surface area contributed by atoms with Gasteiger partial charge in [-0.05, 0) is 0 Å². The van der Waals surface area contributed by atoms with Crippen LogP contribution in [0.25, 0.3) is 0 Å². The molecule has 15 heteroatoms. The van der Waals surface area contributed by atoms with Gasteiger partial charge in [-0.3, -0.25) is 33.7 Å². The molecule has 36 heavy (non-hydrogen) atoms. The minimum absolute atomic E-state index is 0.113. The third-order valence-electron chi connectivity index (χ3n) is 4.76. The van der Waals surface area contributed by atoms with E-state index in [-0.39, 0.29) is 5.75 Å². The summed E-state index contributed by atoms with van der Waals surface area (Å²) in [6.07, 6.45) is -6.20. The third kappa shape index (κ3) is 9.28. The van der Waals surface area contributed by atoms with Crippen LogP contribution >= 0.6 is 11.8 Å². The molecule has 0 amide bonds. The summed E-state index contributed by atoms with van der Waals surface area (Å²) in [5.41, 5.74) is 0. The fraction of sp³-hybridized carbons (Fsp3) is 0.714. The highest BCUT2D eigenvalue weighted by molar-refractivity contribution is 8.00. The number of nitrogens with zero attached hydrogens (tertiary/aromatic N) is 1. The second kappa shape index (κ2) is 14.6. The molecule has 1 fully saturated rings. The van der Waals surface area contributed by atoms with E-state index in [1.54, 1.807) is 0 Å². The highest BCUT2D eigenvalue weighted by Gasteiger charge is 2.52. The van der Waals surface area contributed by atoms with Gasteiger partial charge in [0.05, 0.1) is 19.2 Å². The Morgan fingerprint density at radius 1 is 0.833 bits per heavy atom. The van der Waals surface area contributed by atoms with Gasteiger partial charge in [-0.1, -0.05) is 0 Å². The van der Waals surface area contributed by atoms with Crippen molar-refractivity contribution in [3.8, 4) is 0 Å². The van der Waals surface area contributed by atoms with Crippen molar-refractivity contribution in [1.29, 1.82) is 0 Å². The van der Waals surface area contributed by atoms with Gasteiger partial charge in [-0.25, -0.2) is 0 Å². The molecule has 0 unspecified atom stereocenters. The van der Waals surface area contributed by atoms with Gasteiger partial charge in [0.15, 0.2) is 24.4 Å². The predicted octanol–water partition coefficient (Wildman–Crippen LogP) is -0.857. The standard InChI is InChI=1S/C21H31NO13S/c1-10(24)31-7-16(32-11(2)25)17(33-12(3)26)18(34-13(4)27)19(35-14(5)28)20-22(9-23)15(8-36-20)21(29)30-6/h15-20,23H,7-9H2,1-6H3/t15-,16-,17+,18+,19+,20+/m0/s1. The number of carbonyl (C=O) groups is 6. The minimum atomic E-state index is -1.63. The number of rotatable bonds is 12. The van der Waals surface area contributed by atoms with Gasteiger partial charge < -0.3 is 33.5 Å². The molecule has 0 aromatic heterocycles. The lowest BCUT2D eigenvalue weighted by atomic mass is 10.0. The monoisotopic (exact) mass is 537 g/mol. The minimum Gasteiger partial charge on any atom is -0.468 e. The largest absolute Gasteiger partial charge is 0.468 e. The maximum Gasteiger partial charge on any atom is 0.324 e. The van der Waals surface area contributed by atoms with E-state index in [0.29, 0.717) is 0 Å². The van der Waals surface area contributed by atoms with Crippen LogP contribution in [0.2, 0.25) is 0 Å². The molecule has 0 radical (unpaired) electrons. The van der Waals surface area contributed by atoms with Gasteiger partial charge in [-0.2, -0.15) is 0 Å². The summed E-state index contributed by atoms with van der Waals surface area (Å²) in [7, 11) is 1.16. The number of thioether (sulfide) groups is 1.